The molecule has 0 aromatic heterocycles. The Hall–Kier alpha value is -0.410. The molecule has 0 saturated carbocycles. The van der Waals surface area contributed by atoms with Gasteiger partial charge in [0.05, 0.1) is 4.83 Å². The second kappa shape index (κ2) is 5.78. The van der Waals surface area contributed by atoms with E-state index in [0.717, 1.165) is 0 Å². The zero-order valence-corrected chi connectivity index (χ0v) is 11.5. The predicted molar refractivity (Wildman–Crippen MR) is 67.7 cm³/mol. The first-order valence-electron chi connectivity index (χ1n) is 5.04. The van der Waals surface area contributed by atoms with Crippen LogP contribution in [0.15, 0.2) is 18.2 Å². The van der Waals surface area contributed by atoms with Crippen LogP contribution in [-0.4, -0.2) is 10.6 Å². The number of Topliss-reactive ketones (excluding diaryl/α,β-unsaturated/α-hetero) is 1. The third-order valence-corrected chi connectivity index (χ3v) is 3.45. The molecular formula is C12H13BrClFO. The summed E-state index contributed by atoms with van der Waals surface area (Å²) in [5, 5.41) is 0.362. The highest BCUT2D eigenvalue weighted by Gasteiger charge is 2.21. The highest BCUT2D eigenvalue weighted by molar-refractivity contribution is 9.10. The molecule has 88 valence electrons. The van der Waals surface area contributed by atoms with Crippen molar-refractivity contribution in [2.75, 3.05) is 0 Å². The van der Waals surface area contributed by atoms with Crippen molar-refractivity contribution in [1.82, 2.24) is 0 Å². The summed E-state index contributed by atoms with van der Waals surface area (Å²) in [5.41, 5.74) is 0.389. The number of benzene rings is 1. The van der Waals surface area contributed by atoms with Gasteiger partial charge in [-0.25, -0.2) is 4.39 Å². The topological polar surface area (TPSA) is 17.1 Å². The first-order chi connectivity index (χ1) is 7.43. The molecule has 1 atom stereocenters. The van der Waals surface area contributed by atoms with Crippen LogP contribution in [-0.2, 0) is 11.2 Å². The summed E-state index contributed by atoms with van der Waals surface area (Å²) < 4.78 is 13.5. The average molecular weight is 308 g/mol. The zero-order valence-electron chi connectivity index (χ0n) is 9.14. The Kier molecular flexibility index (Phi) is 4.93. The Morgan fingerprint density at radius 2 is 2.12 bits per heavy atom. The first kappa shape index (κ1) is 13.7. The lowest BCUT2D eigenvalue weighted by molar-refractivity contribution is -0.121. The van der Waals surface area contributed by atoms with E-state index in [2.05, 4.69) is 15.9 Å². The lowest BCUT2D eigenvalue weighted by atomic mass is 10.0. The molecule has 1 aromatic rings. The van der Waals surface area contributed by atoms with Crippen molar-refractivity contribution in [2.24, 2.45) is 5.92 Å². The van der Waals surface area contributed by atoms with E-state index in [1.54, 1.807) is 12.1 Å². The molecule has 0 amide bonds. The largest absolute Gasteiger partial charge is 0.298 e. The van der Waals surface area contributed by atoms with Crippen LogP contribution in [0.1, 0.15) is 19.4 Å². The molecule has 1 unspecified atom stereocenters. The SMILES string of the molecule is CC(C)C(=O)C(Br)Cc1c(F)cccc1Cl. The molecule has 0 aliphatic rings. The van der Waals surface area contributed by atoms with E-state index in [1.165, 1.54) is 6.07 Å². The van der Waals surface area contributed by atoms with Crippen molar-refractivity contribution in [2.45, 2.75) is 25.1 Å². The zero-order chi connectivity index (χ0) is 12.3. The van der Waals surface area contributed by atoms with Crippen LogP contribution in [0, 0.1) is 11.7 Å². The summed E-state index contributed by atoms with van der Waals surface area (Å²) in [6, 6.07) is 4.52. The maximum absolute atomic E-state index is 13.5. The van der Waals surface area contributed by atoms with E-state index in [9.17, 15) is 9.18 Å². The normalized spacial score (nSPS) is 12.9. The van der Waals surface area contributed by atoms with E-state index in [4.69, 9.17) is 11.6 Å². The maximum atomic E-state index is 13.5. The lowest BCUT2D eigenvalue weighted by Crippen LogP contribution is -2.22. The van der Waals surface area contributed by atoms with Gasteiger partial charge in [0.1, 0.15) is 11.6 Å². The summed E-state index contributed by atoms with van der Waals surface area (Å²) in [5.74, 6) is -0.386. The second-order valence-corrected chi connectivity index (χ2v) is 5.44. The van der Waals surface area contributed by atoms with E-state index in [-0.39, 0.29) is 28.8 Å². The molecular weight excluding hydrogens is 294 g/mol. The molecule has 4 heteroatoms. The second-order valence-electron chi connectivity index (χ2n) is 3.93. The molecule has 0 aliphatic heterocycles. The van der Waals surface area contributed by atoms with E-state index in [1.807, 2.05) is 13.8 Å². The van der Waals surface area contributed by atoms with Crippen LogP contribution in [0.4, 0.5) is 4.39 Å². The third-order valence-electron chi connectivity index (χ3n) is 2.32. The third kappa shape index (κ3) is 3.29. The number of hydrogen-bond donors (Lipinski definition) is 0. The molecule has 0 radical (unpaired) electrons. The first-order valence-corrected chi connectivity index (χ1v) is 6.33. The highest BCUT2D eigenvalue weighted by Crippen LogP contribution is 2.23. The Morgan fingerprint density at radius 3 is 2.62 bits per heavy atom. The molecule has 1 aromatic carbocycles. The van der Waals surface area contributed by atoms with Crippen LogP contribution in [0.3, 0.4) is 0 Å². The standard InChI is InChI=1S/C12H13BrClFO/c1-7(2)12(16)9(13)6-8-10(14)4-3-5-11(8)15/h3-5,7,9H,6H2,1-2H3. The molecule has 1 rings (SSSR count). The van der Waals surface area contributed by atoms with Crippen LogP contribution < -0.4 is 0 Å². The van der Waals surface area contributed by atoms with Crippen molar-refractivity contribution in [3.63, 3.8) is 0 Å². The van der Waals surface area contributed by atoms with Crippen LogP contribution in [0.2, 0.25) is 5.02 Å². The van der Waals surface area contributed by atoms with Gasteiger partial charge in [-0.1, -0.05) is 47.4 Å². The van der Waals surface area contributed by atoms with Crippen molar-refractivity contribution in [3.05, 3.63) is 34.6 Å². The number of ketones is 1. The fourth-order valence-corrected chi connectivity index (χ4v) is 2.46. The lowest BCUT2D eigenvalue weighted by Gasteiger charge is -2.12. The summed E-state index contributed by atoms with van der Waals surface area (Å²) in [6.45, 7) is 3.64. The van der Waals surface area contributed by atoms with Gasteiger partial charge >= 0.3 is 0 Å². The molecule has 0 spiro atoms. The minimum absolute atomic E-state index is 0.0549. The van der Waals surface area contributed by atoms with Gasteiger partial charge in [0.15, 0.2) is 0 Å². The quantitative estimate of drug-likeness (QED) is 0.768. The molecule has 0 heterocycles. The van der Waals surface area contributed by atoms with Gasteiger partial charge in [-0.2, -0.15) is 0 Å². The number of rotatable bonds is 4. The number of hydrogen-bond acceptors (Lipinski definition) is 1. The fraction of sp³-hybridized carbons (Fsp3) is 0.417. The van der Waals surface area contributed by atoms with E-state index < -0.39 is 0 Å². The Morgan fingerprint density at radius 1 is 1.50 bits per heavy atom. The van der Waals surface area contributed by atoms with E-state index in [0.29, 0.717) is 10.6 Å². The van der Waals surface area contributed by atoms with Crippen LogP contribution in [0.5, 0.6) is 0 Å². The summed E-state index contributed by atoms with van der Waals surface area (Å²) >= 11 is 9.16. The van der Waals surface area contributed by atoms with Crippen LogP contribution in [0.25, 0.3) is 0 Å². The Labute approximate surface area is 108 Å². The number of carbonyl (C=O) groups is 1. The van der Waals surface area contributed by atoms with Crippen molar-refractivity contribution in [1.29, 1.82) is 0 Å². The van der Waals surface area contributed by atoms with Gasteiger partial charge < -0.3 is 0 Å². The Balaban J connectivity index is 2.85. The molecule has 1 nitrogen and oxygen atoms in total. The predicted octanol–water partition coefficient (Wildman–Crippen LogP) is 4.01. The van der Waals surface area contributed by atoms with Gasteiger partial charge in [0, 0.05) is 16.5 Å². The molecule has 0 saturated heterocycles. The van der Waals surface area contributed by atoms with Crippen molar-refractivity contribution >= 4 is 33.3 Å². The highest BCUT2D eigenvalue weighted by atomic mass is 79.9. The molecule has 0 bridgehead atoms. The maximum Gasteiger partial charge on any atom is 0.149 e. The molecule has 0 fully saturated rings. The minimum Gasteiger partial charge on any atom is -0.298 e. The minimum atomic E-state index is -0.387. The van der Waals surface area contributed by atoms with Crippen molar-refractivity contribution in [3.8, 4) is 0 Å². The van der Waals surface area contributed by atoms with Gasteiger partial charge in [-0.05, 0) is 18.6 Å². The van der Waals surface area contributed by atoms with Gasteiger partial charge in [0.25, 0.3) is 0 Å². The monoisotopic (exact) mass is 306 g/mol. The van der Waals surface area contributed by atoms with Gasteiger partial charge in [-0.3, -0.25) is 4.79 Å². The summed E-state index contributed by atoms with van der Waals surface area (Å²) in [6.07, 6.45) is 0.280. The molecule has 0 aliphatic carbocycles. The summed E-state index contributed by atoms with van der Waals surface area (Å²) in [7, 11) is 0. The van der Waals surface area contributed by atoms with Crippen LogP contribution >= 0.6 is 27.5 Å². The molecule has 16 heavy (non-hydrogen) atoms. The number of carbonyl (C=O) groups excluding carboxylic acids is 1. The van der Waals surface area contributed by atoms with E-state index >= 15 is 0 Å². The van der Waals surface area contributed by atoms with Crippen molar-refractivity contribution < 1.29 is 9.18 Å². The fourth-order valence-electron chi connectivity index (χ4n) is 1.37. The molecule has 0 N–H and O–H groups in total. The number of halogens is 3. The Bertz CT molecular complexity index is 372. The van der Waals surface area contributed by atoms with Gasteiger partial charge in [-0.15, -0.1) is 0 Å². The average Bonchev–Trinajstić information content (AvgIpc) is 2.22. The van der Waals surface area contributed by atoms with Gasteiger partial charge in [0.2, 0.25) is 0 Å². The smallest absolute Gasteiger partial charge is 0.149 e. The summed E-state index contributed by atoms with van der Waals surface area (Å²) in [4.78, 5) is 11.3. The number of alkyl halides is 1.